The van der Waals surface area contributed by atoms with Gasteiger partial charge in [-0.25, -0.2) is 0 Å². The number of aryl methyl sites for hydroxylation is 1. The first-order valence-corrected chi connectivity index (χ1v) is 7.56. The van der Waals surface area contributed by atoms with Gasteiger partial charge in [-0.3, -0.25) is 4.79 Å². The number of nitrogens with zero attached hydrogens (tertiary/aromatic N) is 1. The van der Waals surface area contributed by atoms with Gasteiger partial charge in [-0.1, -0.05) is 12.1 Å². The monoisotopic (exact) mass is 293 g/mol. The molecule has 4 nitrogen and oxygen atoms in total. The maximum Gasteiger partial charge on any atom is 0.226 e. The van der Waals surface area contributed by atoms with Crippen molar-refractivity contribution in [3.05, 3.63) is 29.3 Å². The summed E-state index contributed by atoms with van der Waals surface area (Å²) < 4.78 is 5.73. The quantitative estimate of drug-likeness (QED) is 0.801. The second kappa shape index (κ2) is 8.67. The molecule has 1 N–H and O–H groups in total. The van der Waals surface area contributed by atoms with Crippen LogP contribution >= 0.6 is 0 Å². The van der Waals surface area contributed by atoms with Crippen LogP contribution < -0.4 is 4.74 Å². The molecule has 1 aromatic rings. The molecule has 21 heavy (non-hydrogen) atoms. The predicted octanol–water partition coefficient (Wildman–Crippen LogP) is 2.69. The Labute approximate surface area is 127 Å². The van der Waals surface area contributed by atoms with Gasteiger partial charge in [-0.2, -0.15) is 0 Å². The number of ether oxygens (including phenoxy) is 1. The molecule has 0 heterocycles. The lowest BCUT2D eigenvalue weighted by Crippen LogP contribution is -2.38. The summed E-state index contributed by atoms with van der Waals surface area (Å²) in [7, 11) is 0. The van der Waals surface area contributed by atoms with E-state index in [2.05, 4.69) is 0 Å². The molecule has 0 aliphatic rings. The van der Waals surface area contributed by atoms with Crippen LogP contribution in [0.3, 0.4) is 0 Å². The third kappa shape index (κ3) is 5.38. The molecule has 0 unspecified atom stereocenters. The molecule has 0 aliphatic heterocycles. The van der Waals surface area contributed by atoms with Gasteiger partial charge in [0.1, 0.15) is 5.75 Å². The fourth-order valence-corrected chi connectivity index (χ4v) is 2.18. The van der Waals surface area contributed by atoms with Gasteiger partial charge in [0.25, 0.3) is 0 Å². The number of carbonyl (C=O) groups is 1. The highest BCUT2D eigenvalue weighted by Gasteiger charge is 2.16. The Morgan fingerprint density at radius 3 is 2.67 bits per heavy atom. The van der Waals surface area contributed by atoms with E-state index in [1.165, 1.54) is 5.56 Å². The summed E-state index contributed by atoms with van der Waals surface area (Å²) in [6.07, 6.45) is 0.971. The molecule has 1 aromatic carbocycles. The number of hydrogen-bond donors (Lipinski definition) is 1. The predicted molar refractivity (Wildman–Crippen MR) is 84.6 cm³/mol. The van der Waals surface area contributed by atoms with Gasteiger partial charge in [-0.15, -0.1) is 0 Å². The van der Waals surface area contributed by atoms with Crippen LogP contribution in [0.5, 0.6) is 5.75 Å². The average Bonchev–Trinajstić information content (AvgIpc) is 2.43. The fourth-order valence-electron chi connectivity index (χ4n) is 2.18. The zero-order chi connectivity index (χ0) is 15.8. The smallest absolute Gasteiger partial charge is 0.226 e. The Morgan fingerprint density at radius 1 is 1.33 bits per heavy atom. The fraction of sp³-hybridized carbons (Fsp3) is 0.588. The lowest BCUT2D eigenvalue weighted by Gasteiger charge is -2.26. The number of aliphatic hydroxyl groups is 1. The van der Waals surface area contributed by atoms with Crippen LogP contribution in [0.15, 0.2) is 18.2 Å². The zero-order valence-electron chi connectivity index (χ0n) is 13.6. The van der Waals surface area contributed by atoms with E-state index in [4.69, 9.17) is 9.84 Å². The number of benzene rings is 1. The molecule has 1 amide bonds. The van der Waals surface area contributed by atoms with Crippen molar-refractivity contribution in [3.63, 3.8) is 0 Å². The van der Waals surface area contributed by atoms with E-state index in [0.29, 0.717) is 26.0 Å². The molecule has 1 rings (SSSR count). The third-order valence-electron chi connectivity index (χ3n) is 3.63. The average molecular weight is 293 g/mol. The topological polar surface area (TPSA) is 49.8 Å². The summed E-state index contributed by atoms with van der Waals surface area (Å²) in [5.41, 5.74) is 2.30. The Kier molecular flexibility index (Phi) is 7.23. The maximum atomic E-state index is 12.2. The van der Waals surface area contributed by atoms with E-state index in [9.17, 15) is 4.79 Å². The minimum Gasteiger partial charge on any atom is -0.493 e. The normalized spacial score (nSPS) is 10.8. The molecule has 0 radical (unpaired) electrons. The second-order valence-electron chi connectivity index (χ2n) is 5.55. The molecule has 118 valence electrons. The molecular formula is C17H27NO3. The van der Waals surface area contributed by atoms with Crippen molar-refractivity contribution in [2.75, 3.05) is 19.8 Å². The first kappa shape index (κ1) is 17.5. The van der Waals surface area contributed by atoms with Crippen LogP contribution in [0.2, 0.25) is 0 Å². The number of amides is 1. The molecular weight excluding hydrogens is 266 g/mol. The van der Waals surface area contributed by atoms with Crippen LogP contribution in [0.4, 0.5) is 0 Å². The lowest BCUT2D eigenvalue weighted by molar-refractivity contribution is -0.133. The Hall–Kier alpha value is -1.55. The van der Waals surface area contributed by atoms with E-state index < -0.39 is 0 Å². The summed E-state index contributed by atoms with van der Waals surface area (Å²) in [4.78, 5) is 14.0. The van der Waals surface area contributed by atoms with Crippen molar-refractivity contribution in [1.82, 2.24) is 4.90 Å². The minimum absolute atomic E-state index is 0.0729. The number of carbonyl (C=O) groups excluding carboxylic acids is 1. The summed E-state index contributed by atoms with van der Waals surface area (Å²) in [6.45, 7) is 9.12. The summed E-state index contributed by atoms with van der Waals surface area (Å²) in [5, 5.41) is 8.90. The first-order chi connectivity index (χ1) is 9.97. The van der Waals surface area contributed by atoms with E-state index >= 15 is 0 Å². The third-order valence-corrected chi connectivity index (χ3v) is 3.63. The largest absolute Gasteiger partial charge is 0.493 e. The molecule has 0 atom stereocenters. The van der Waals surface area contributed by atoms with Gasteiger partial charge < -0.3 is 14.7 Å². The van der Waals surface area contributed by atoms with E-state index in [0.717, 1.165) is 11.3 Å². The van der Waals surface area contributed by atoms with Gasteiger partial charge >= 0.3 is 0 Å². The van der Waals surface area contributed by atoms with E-state index in [1.54, 1.807) is 4.90 Å². The van der Waals surface area contributed by atoms with Gasteiger partial charge in [-0.05, 0) is 51.3 Å². The van der Waals surface area contributed by atoms with Gasteiger partial charge in [0.15, 0.2) is 0 Å². The van der Waals surface area contributed by atoms with Crippen LogP contribution in [0, 0.1) is 13.8 Å². The molecule has 0 saturated heterocycles. The molecule has 0 bridgehead atoms. The molecule has 0 saturated carbocycles. The van der Waals surface area contributed by atoms with Crippen molar-refractivity contribution in [3.8, 4) is 5.75 Å². The van der Waals surface area contributed by atoms with Crippen molar-refractivity contribution in [2.45, 2.75) is 46.6 Å². The molecule has 0 spiro atoms. The van der Waals surface area contributed by atoms with Gasteiger partial charge in [0.05, 0.1) is 13.0 Å². The van der Waals surface area contributed by atoms with E-state index in [1.807, 2.05) is 45.9 Å². The lowest BCUT2D eigenvalue weighted by atomic mass is 10.1. The van der Waals surface area contributed by atoms with Crippen molar-refractivity contribution in [1.29, 1.82) is 0 Å². The van der Waals surface area contributed by atoms with Crippen LogP contribution in [0.1, 0.15) is 37.8 Å². The standard InChI is InChI=1S/C17H27NO3/c1-13(2)18(10-6-11-19)17(20)9-12-21-16-8-5-7-14(3)15(16)4/h5,7-8,13,19H,6,9-12H2,1-4H3. The van der Waals surface area contributed by atoms with Crippen LogP contribution in [0.25, 0.3) is 0 Å². The highest BCUT2D eigenvalue weighted by Crippen LogP contribution is 2.20. The summed E-state index contributed by atoms with van der Waals surface area (Å²) in [6, 6.07) is 6.08. The van der Waals surface area contributed by atoms with Crippen LogP contribution in [-0.2, 0) is 4.79 Å². The van der Waals surface area contributed by atoms with Gasteiger partial charge in [0.2, 0.25) is 5.91 Å². The Balaban J connectivity index is 2.50. The Bertz CT molecular complexity index is 457. The number of aliphatic hydroxyl groups excluding tert-OH is 1. The van der Waals surface area contributed by atoms with Crippen molar-refractivity contribution >= 4 is 5.91 Å². The molecule has 4 heteroatoms. The molecule has 0 aromatic heterocycles. The molecule has 0 fully saturated rings. The highest BCUT2D eigenvalue weighted by atomic mass is 16.5. The first-order valence-electron chi connectivity index (χ1n) is 7.56. The van der Waals surface area contributed by atoms with E-state index in [-0.39, 0.29) is 18.6 Å². The second-order valence-corrected chi connectivity index (χ2v) is 5.55. The summed E-state index contributed by atoms with van der Waals surface area (Å²) >= 11 is 0. The maximum absolute atomic E-state index is 12.2. The molecule has 0 aliphatic carbocycles. The zero-order valence-corrected chi connectivity index (χ0v) is 13.6. The van der Waals surface area contributed by atoms with Crippen molar-refractivity contribution in [2.24, 2.45) is 0 Å². The minimum atomic E-state index is 0.0729. The Morgan fingerprint density at radius 2 is 2.05 bits per heavy atom. The summed E-state index contributed by atoms with van der Waals surface area (Å²) in [5.74, 6) is 0.915. The number of hydrogen-bond acceptors (Lipinski definition) is 3. The number of rotatable bonds is 8. The van der Waals surface area contributed by atoms with Gasteiger partial charge in [0, 0.05) is 19.2 Å². The van der Waals surface area contributed by atoms with Crippen molar-refractivity contribution < 1.29 is 14.6 Å². The highest BCUT2D eigenvalue weighted by molar-refractivity contribution is 5.76. The SMILES string of the molecule is Cc1cccc(OCCC(=O)N(CCCO)C(C)C)c1C. The van der Waals surface area contributed by atoms with Crippen LogP contribution in [-0.4, -0.2) is 41.7 Å².